The summed E-state index contributed by atoms with van der Waals surface area (Å²) in [6, 6.07) is 15.8. The minimum absolute atomic E-state index is 0.271. The lowest BCUT2D eigenvalue weighted by atomic mass is 10.2. The van der Waals surface area contributed by atoms with Crippen molar-refractivity contribution in [2.75, 3.05) is 5.32 Å². The largest absolute Gasteiger partial charge is 0.377 e. The highest BCUT2D eigenvalue weighted by molar-refractivity contribution is 7.14. The highest BCUT2D eigenvalue weighted by Crippen LogP contribution is 2.24. The standard InChI is InChI=1S/C16H11FN4S/c17-13-6-7-14(12(8-13)9-18)19-10-15-20-21-16(22-15)11-4-2-1-3-5-11/h1-8,19H,10H2. The molecule has 4 nitrogen and oxygen atoms in total. The molecule has 1 aromatic heterocycles. The van der Waals surface area contributed by atoms with E-state index in [4.69, 9.17) is 5.26 Å². The van der Waals surface area contributed by atoms with E-state index in [1.165, 1.54) is 23.5 Å². The number of benzene rings is 2. The Bertz CT molecular complexity index is 824. The van der Waals surface area contributed by atoms with Crippen LogP contribution in [0.3, 0.4) is 0 Å². The molecule has 3 aromatic rings. The van der Waals surface area contributed by atoms with E-state index in [-0.39, 0.29) is 5.56 Å². The second-order valence-electron chi connectivity index (χ2n) is 4.52. The first-order valence-electron chi connectivity index (χ1n) is 6.57. The lowest BCUT2D eigenvalue weighted by molar-refractivity contribution is 0.627. The molecule has 0 bridgehead atoms. The van der Waals surface area contributed by atoms with E-state index >= 15 is 0 Å². The third-order valence-corrected chi connectivity index (χ3v) is 3.99. The molecule has 1 N–H and O–H groups in total. The minimum atomic E-state index is -0.427. The zero-order valence-corrected chi connectivity index (χ0v) is 12.3. The van der Waals surface area contributed by atoms with Gasteiger partial charge in [0, 0.05) is 5.56 Å². The summed E-state index contributed by atoms with van der Waals surface area (Å²) in [6.45, 7) is 0.435. The highest BCUT2D eigenvalue weighted by Gasteiger charge is 2.08. The van der Waals surface area contributed by atoms with Gasteiger partial charge in [0.15, 0.2) is 0 Å². The second kappa shape index (κ2) is 6.33. The zero-order valence-electron chi connectivity index (χ0n) is 11.5. The van der Waals surface area contributed by atoms with Gasteiger partial charge in [0.1, 0.15) is 21.9 Å². The SMILES string of the molecule is N#Cc1cc(F)ccc1NCc1nnc(-c2ccccc2)s1. The molecule has 1 heterocycles. The van der Waals surface area contributed by atoms with E-state index in [9.17, 15) is 4.39 Å². The van der Waals surface area contributed by atoms with Crippen molar-refractivity contribution in [1.29, 1.82) is 5.26 Å². The summed E-state index contributed by atoms with van der Waals surface area (Å²) in [5, 5.41) is 22.0. The fraction of sp³-hybridized carbons (Fsp3) is 0.0625. The quantitative estimate of drug-likeness (QED) is 0.795. The molecule has 0 radical (unpaired) electrons. The molecule has 0 amide bonds. The number of halogens is 1. The van der Waals surface area contributed by atoms with Crippen LogP contribution in [0.2, 0.25) is 0 Å². The van der Waals surface area contributed by atoms with E-state index in [1.807, 2.05) is 36.4 Å². The Morgan fingerprint density at radius 1 is 1.14 bits per heavy atom. The van der Waals surface area contributed by atoms with Crippen LogP contribution < -0.4 is 5.32 Å². The average Bonchev–Trinajstić information content (AvgIpc) is 3.03. The van der Waals surface area contributed by atoms with Gasteiger partial charge >= 0.3 is 0 Å². The predicted octanol–water partition coefficient (Wildman–Crippen LogP) is 3.83. The normalized spacial score (nSPS) is 10.2. The molecule has 2 aromatic carbocycles. The fourth-order valence-corrected chi connectivity index (χ4v) is 2.74. The Balaban J connectivity index is 1.73. The monoisotopic (exact) mass is 310 g/mol. The second-order valence-corrected chi connectivity index (χ2v) is 5.58. The van der Waals surface area contributed by atoms with E-state index in [0.29, 0.717) is 12.2 Å². The van der Waals surface area contributed by atoms with Crippen molar-refractivity contribution in [2.45, 2.75) is 6.54 Å². The maximum Gasteiger partial charge on any atom is 0.147 e. The molecular formula is C16H11FN4S. The first-order valence-corrected chi connectivity index (χ1v) is 7.39. The van der Waals surface area contributed by atoms with Crippen molar-refractivity contribution in [3.63, 3.8) is 0 Å². The van der Waals surface area contributed by atoms with Gasteiger partial charge in [-0.1, -0.05) is 41.7 Å². The molecule has 6 heteroatoms. The number of nitriles is 1. The van der Waals surface area contributed by atoms with Gasteiger partial charge in [0.2, 0.25) is 0 Å². The third-order valence-electron chi connectivity index (χ3n) is 3.02. The van der Waals surface area contributed by atoms with Gasteiger partial charge in [-0.15, -0.1) is 10.2 Å². The van der Waals surface area contributed by atoms with E-state index in [1.54, 1.807) is 6.07 Å². The molecule has 0 fully saturated rings. The molecule has 0 spiro atoms. The van der Waals surface area contributed by atoms with Crippen LogP contribution in [0.5, 0.6) is 0 Å². The average molecular weight is 310 g/mol. The summed E-state index contributed by atoms with van der Waals surface area (Å²) in [4.78, 5) is 0. The topological polar surface area (TPSA) is 61.6 Å². The molecule has 0 aliphatic rings. The predicted molar refractivity (Wildman–Crippen MR) is 83.8 cm³/mol. The molecule has 0 unspecified atom stereocenters. The summed E-state index contributed by atoms with van der Waals surface area (Å²) < 4.78 is 13.1. The molecular weight excluding hydrogens is 299 g/mol. The smallest absolute Gasteiger partial charge is 0.147 e. The highest BCUT2D eigenvalue weighted by atomic mass is 32.1. The maximum absolute atomic E-state index is 13.1. The Morgan fingerprint density at radius 2 is 1.95 bits per heavy atom. The van der Waals surface area contributed by atoms with Gasteiger partial charge in [-0.2, -0.15) is 5.26 Å². The van der Waals surface area contributed by atoms with Crippen LogP contribution in [-0.2, 0) is 6.54 Å². The van der Waals surface area contributed by atoms with Gasteiger partial charge in [-0.25, -0.2) is 4.39 Å². The van der Waals surface area contributed by atoms with Crippen molar-refractivity contribution >= 4 is 17.0 Å². The summed E-state index contributed by atoms with van der Waals surface area (Å²) >= 11 is 1.48. The van der Waals surface area contributed by atoms with E-state index < -0.39 is 5.82 Å². The number of nitrogens with one attached hydrogen (secondary N) is 1. The number of anilines is 1. The minimum Gasteiger partial charge on any atom is -0.377 e. The van der Waals surface area contributed by atoms with E-state index in [2.05, 4.69) is 15.5 Å². The maximum atomic E-state index is 13.1. The number of hydrogen-bond acceptors (Lipinski definition) is 5. The lowest BCUT2D eigenvalue weighted by Gasteiger charge is -2.05. The van der Waals surface area contributed by atoms with Crippen LogP contribution in [0.4, 0.5) is 10.1 Å². The Kier molecular flexibility index (Phi) is 4.08. The Hall–Kier alpha value is -2.78. The number of nitrogens with zero attached hydrogens (tertiary/aromatic N) is 3. The van der Waals surface area contributed by atoms with Crippen LogP contribution in [-0.4, -0.2) is 10.2 Å². The number of aromatic nitrogens is 2. The fourth-order valence-electron chi connectivity index (χ4n) is 1.96. The van der Waals surface area contributed by atoms with E-state index in [0.717, 1.165) is 15.6 Å². The molecule has 0 saturated carbocycles. The van der Waals surface area contributed by atoms with Crippen LogP contribution in [0.15, 0.2) is 48.5 Å². The van der Waals surface area contributed by atoms with Gasteiger partial charge in [0.25, 0.3) is 0 Å². The van der Waals surface area contributed by atoms with Gasteiger partial charge in [0.05, 0.1) is 17.8 Å². The number of hydrogen-bond donors (Lipinski definition) is 1. The van der Waals surface area contributed by atoms with Gasteiger partial charge in [-0.05, 0) is 18.2 Å². The van der Waals surface area contributed by atoms with Crippen molar-refractivity contribution in [3.05, 3.63) is 64.9 Å². The van der Waals surface area contributed by atoms with Crippen molar-refractivity contribution in [1.82, 2.24) is 10.2 Å². The van der Waals surface area contributed by atoms with Crippen LogP contribution in [0.25, 0.3) is 10.6 Å². The zero-order chi connectivity index (χ0) is 15.4. The van der Waals surface area contributed by atoms with Crippen molar-refractivity contribution in [2.24, 2.45) is 0 Å². The summed E-state index contributed by atoms with van der Waals surface area (Å²) in [6.07, 6.45) is 0. The van der Waals surface area contributed by atoms with Crippen LogP contribution in [0, 0.1) is 17.1 Å². The van der Waals surface area contributed by atoms with Crippen molar-refractivity contribution in [3.8, 4) is 16.6 Å². The summed E-state index contributed by atoms with van der Waals surface area (Å²) in [7, 11) is 0. The molecule has 3 rings (SSSR count). The molecule has 0 saturated heterocycles. The molecule has 0 aliphatic heterocycles. The first kappa shape index (κ1) is 14.2. The Morgan fingerprint density at radius 3 is 2.73 bits per heavy atom. The molecule has 0 atom stereocenters. The summed E-state index contributed by atoms with van der Waals surface area (Å²) in [5.41, 5.74) is 1.87. The van der Waals surface area contributed by atoms with Gasteiger partial charge in [-0.3, -0.25) is 0 Å². The lowest BCUT2D eigenvalue weighted by Crippen LogP contribution is -2.01. The number of rotatable bonds is 4. The first-order chi connectivity index (χ1) is 10.8. The van der Waals surface area contributed by atoms with Crippen molar-refractivity contribution < 1.29 is 4.39 Å². The Labute approximate surface area is 130 Å². The van der Waals surface area contributed by atoms with Crippen LogP contribution >= 0.6 is 11.3 Å². The molecule has 0 aliphatic carbocycles. The summed E-state index contributed by atoms with van der Waals surface area (Å²) in [5.74, 6) is -0.427. The van der Waals surface area contributed by atoms with Gasteiger partial charge < -0.3 is 5.32 Å². The molecule has 22 heavy (non-hydrogen) atoms. The van der Waals surface area contributed by atoms with Crippen LogP contribution in [0.1, 0.15) is 10.6 Å². The third kappa shape index (κ3) is 3.10. The molecule has 108 valence electrons.